The molecule has 20 heavy (non-hydrogen) atoms. The van der Waals surface area contributed by atoms with Crippen LogP contribution in [0.4, 0.5) is 0 Å². The molecule has 0 fully saturated rings. The summed E-state index contributed by atoms with van der Waals surface area (Å²) in [5.74, 6) is 0. The van der Waals surface area contributed by atoms with Crippen LogP contribution in [0, 0.1) is 0 Å². The number of aromatic nitrogens is 3. The molecule has 3 aromatic rings. The van der Waals surface area contributed by atoms with Crippen molar-refractivity contribution in [1.29, 1.82) is 0 Å². The van der Waals surface area contributed by atoms with Crippen LogP contribution in [0.3, 0.4) is 0 Å². The van der Waals surface area contributed by atoms with Gasteiger partial charge in [-0.2, -0.15) is 0 Å². The van der Waals surface area contributed by atoms with Crippen molar-refractivity contribution in [3.05, 3.63) is 63.5 Å². The van der Waals surface area contributed by atoms with Crippen LogP contribution in [0.2, 0.25) is 0 Å². The molecule has 0 atom stereocenters. The van der Waals surface area contributed by atoms with Crippen molar-refractivity contribution < 1.29 is 0 Å². The standard InChI is InChI=1S/C15H9Br2N3/c16-11-6-7-12(13(17)8-11)15-9-14(18-20-19-15)10-4-2-1-3-5-10/h1-9H. The number of nitrogens with zero attached hydrogens (tertiary/aromatic N) is 3. The normalized spacial score (nSPS) is 10.5. The third-order valence-corrected chi connectivity index (χ3v) is 4.00. The Bertz CT molecular complexity index is 745. The summed E-state index contributed by atoms with van der Waals surface area (Å²) in [6, 6.07) is 17.8. The summed E-state index contributed by atoms with van der Waals surface area (Å²) in [7, 11) is 0. The second-order valence-corrected chi connectivity index (χ2v) is 5.96. The molecule has 2 aromatic carbocycles. The zero-order chi connectivity index (χ0) is 13.9. The first-order chi connectivity index (χ1) is 9.74. The van der Waals surface area contributed by atoms with Crippen molar-refractivity contribution in [3.63, 3.8) is 0 Å². The second kappa shape index (κ2) is 5.81. The van der Waals surface area contributed by atoms with Crippen LogP contribution in [0.1, 0.15) is 0 Å². The molecule has 5 heteroatoms. The van der Waals surface area contributed by atoms with Crippen molar-refractivity contribution >= 4 is 31.9 Å². The highest BCUT2D eigenvalue weighted by molar-refractivity contribution is 9.11. The van der Waals surface area contributed by atoms with E-state index in [4.69, 9.17) is 0 Å². The van der Waals surface area contributed by atoms with Crippen LogP contribution in [-0.4, -0.2) is 15.4 Å². The summed E-state index contributed by atoms with van der Waals surface area (Å²) < 4.78 is 1.98. The highest BCUT2D eigenvalue weighted by atomic mass is 79.9. The lowest BCUT2D eigenvalue weighted by Crippen LogP contribution is -1.94. The molecule has 98 valence electrons. The summed E-state index contributed by atoms with van der Waals surface area (Å²) >= 11 is 6.99. The van der Waals surface area contributed by atoms with Gasteiger partial charge in [-0.3, -0.25) is 0 Å². The number of rotatable bonds is 2. The second-order valence-electron chi connectivity index (χ2n) is 4.19. The van der Waals surface area contributed by atoms with Crippen molar-refractivity contribution in [2.75, 3.05) is 0 Å². The van der Waals surface area contributed by atoms with Gasteiger partial charge in [0.1, 0.15) is 0 Å². The molecule has 0 aliphatic heterocycles. The van der Waals surface area contributed by atoms with Gasteiger partial charge in [0.15, 0.2) is 0 Å². The molecule has 1 aromatic heterocycles. The van der Waals surface area contributed by atoms with Gasteiger partial charge in [0.2, 0.25) is 0 Å². The molecule has 0 aliphatic carbocycles. The molecule has 0 radical (unpaired) electrons. The number of hydrogen-bond acceptors (Lipinski definition) is 3. The Morgan fingerprint density at radius 3 is 2.25 bits per heavy atom. The molecule has 1 heterocycles. The van der Waals surface area contributed by atoms with E-state index >= 15 is 0 Å². The molecule has 0 saturated heterocycles. The largest absolute Gasteiger partial charge is 0.130 e. The summed E-state index contributed by atoms with van der Waals surface area (Å²) in [5.41, 5.74) is 3.61. The third-order valence-electron chi connectivity index (χ3n) is 2.85. The van der Waals surface area contributed by atoms with Crippen molar-refractivity contribution in [1.82, 2.24) is 15.4 Å². The smallest absolute Gasteiger partial charge is 0.0981 e. The van der Waals surface area contributed by atoms with E-state index in [2.05, 4.69) is 47.3 Å². The van der Waals surface area contributed by atoms with Gasteiger partial charge in [0.25, 0.3) is 0 Å². The molecule has 0 spiro atoms. The maximum Gasteiger partial charge on any atom is 0.0981 e. The van der Waals surface area contributed by atoms with Gasteiger partial charge in [-0.1, -0.05) is 68.3 Å². The lowest BCUT2D eigenvalue weighted by molar-refractivity contribution is 0.876. The van der Waals surface area contributed by atoms with Gasteiger partial charge < -0.3 is 0 Å². The monoisotopic (exact) mass is 389 g/mol. The maximum atomic E-state index is 4.12. The Hall–Kier alpha value is -1.59. The molecule has 0 N–H and O–H groups in total. The van der Waals surface area contributed by atoms with Crippen molar-refractivity contribution in [2.24, 2.45) is 0 Å². The minimum Gasteiger partial charge on any atom is -0.130 e. The predicted molar refractivity (Wildman–Crippen MR) is 86.1 cm³/mol. The summed E-state index contributed by atoms with van der Waals surface area (Å²) in [6.45, 7) is 0. The van der Waals surface area contributed by atoms with Crippen LogP contribution in [0.25, 0.3) is 22.5 Å². The van der Waals surface area contributed by atoms with Gasteiger partial charge in [-0.25, -0.2) is 0 Å². The quantitative estimate of drug-likeness (QED) is 0.634. The Morgan fingerprint density at radius 2 is 1.50 bits per heavy atom. The fourth-order valence-electron chi connectivity index (χ4n) is 1.88. The number of halogens is 2. The van der Waals surface area contributed by atoms with Gasteiger partial charge in [0, 0.05) is 20.1 Å². The fourth-order valence-corrected chi connectivity index (χ4v) is 3.13. The van der Waals surface area contributed by atoms with E-state index in [1.165, 1.54) is 0 Å². The highest BCUT2D eigenvalue weighted by Gasteiger charge is 2.08. The zero-order valence-corrected chi connectivity index (χ0v) is 13.5. The first kappa shape index (κ1) is 13.4. The molecule has 0 amide bonds. The molecular weight excluding hydrogens is 382 g/mol. The average molecular weight is 391 g/mol. The van der Waals surface area contributed by atoms with Gasteiger partial charge >= 0.3 is 0 Å². The van der Waals surface area contributed by atoms with Crippen LogP contribution in [0.15, 0.2) is 63.5 Å². The lowest BCUT2D eigenvalue weighted by Gasteiger charge is -2.05. The van der Waals surface area contributed by atoms with Gasteiger partial charge in [-0.15, -0.1) is 10.2 Å². The van der Waals surface area contributed by atoms with E-state index in [0.29, 0.717) is 0 Å². The van der Waals surface area contributed by atoms with E-state index in [9.17, 15) is 0 Å². The molecule has 0 bridgehead atoms. The minimum absolute atomic E-state index is 0.790. The Balaban J connectivity index is 2.08. The SMILES string of the molecule is Brc1ccc(-c2cc(-c3ccccc3)nnn2)c(Br)c1. The van der Waals surface area contributed by atoms with Crippen molar-refractivity contribution in [2.45, 2.75) is 0 Å². The number of benzene rings is 2. The molecular formula is C15H9Br2N3. The summed E-state index contributed by atoms with van der Waals surface area (Å²) in [5, 5.41) is 12.1. The third kappa shape index (κ3) is 2.78. The van der Waals surface area contributed by atoms with Gasteiger partial charge in [0.05, 0.1) is 11.4 Å². The Labute approximate surface area is 133 Å². The fraction of sp³-hybridized carbons (Fsp3) is 0. The van der Waals surface area contributed by atoms with Crippen LogP contribution in [0.5, 0.6) is 0 Å². The zero-order valence-electron chi connectivity index (χ0n) is 10.3. The molecule has 0 saturated carbocycles. The molecule has 0 aliphatic rings. The first-order valence-electron chi connectivity index (χ1n) is 5.95. The number of hydrogen-bond donors (Lipinski definition) is 0. The lowest BCUT2D eigenvalue weighted by atomic mass is 10.1. The van der Waals surface area contributed by atoms with Gasteiger partial charge in [-0.05, 0) is 23.4 Å². The molecule has 3 rings (SSSR count). The minimum atomic E-state index is 0.790. The first-order valence-corrected chi connectivity index (χ1v) is 7.54. The van der Waals surface area contributed by atoms with E-state index in [1.807, 2.05) is 54.6 Å². The highest BCUT2D eigenvalue weighted by Crippen LogP contribution is 2.30. The summed E-state index contributed by atoms with van der Waals surface area (Å²) in [4.78, 5) is 0. The topological polar surface area (TPSA) is 38.7 Å². The van der Waals surface area contributed by atoms with E-state index < -0.39 is 0 Å². The van der Waals surface area contributed by atoms with Crippen LogP contribution < -0.4 is 0 Å². The van der Waals surface area contributed by atoms with Crippen molar-refractivity contribution in [3.8, 4) is 22.5 Å². The van der Waals surface area contributed by atoms with Crippen LogP contribution >= 0.6 is 31.9 Å². The summed E-state index contributed by atoms with van der Waals surface area (Å²) in [6.07, 6.45) is 0. The Kier molecular flexibility index (Phi) is 3.89. The maximum absolute atomic E-state index is 4.12. The van der Waals surface area contributed by atoms with E-state index in [1.54, 1.807) is 0 Å². The predicted octanol–water partition coefficient (Wildman–Crippen LogP) is 4.73. The van der Waals surface area contributed by atoms with E-state index in [0.717, 1.165) is 31.5 Å². The molecule has 0 unspecified atom stereocenters. The van der Waals surface area contributed by atoms with Crippen LogP contribution in [-0.2, 0) is 0 Å². The molecule has 3 nitrogen and oxygen atoms in total. The Morgan fingerprint density at radius 1 is 0.750 bits per heavy atom. The average Bonchev–Trinajstić information content (AvgIpc) is 2.48. The van der Waals surface area contributed by atoms with E-state index in [-0.39, 0.29) is 0 Å².